The molecule has 0 amide bonds. The average Bonchev–Trinajstić information content (AvgIpc) is 3.12. The molecular weight excluding hydrogens is 356 g/mol. The molecule has 1 aliphatic rings. The molecule has 2 aromatic rings. The summed E-state index contributed by atoms with van der Waals surface area (Å²) in [6.07, 6.45) is 1.49. The van der Waals surface area contributed by atoms with Crippen LogP contribution in [0.15, 0.2) is 47.6 Å². The Morgan fingerprint density at radius 1 is 1.15 bits per heavy atom. The van der Waals surface area contributed by atoms with Crippen LogP contribution in [0.1, 0.15) is 17.2 Å². The fourth-order valence-electron chi connectivity index (χ4n) is 2.62. The lowest BCUT2D eigenvalue weighted by Crippen LogP contribution is -2.26. The van der Waals surface area contributed by atoms with Crippen LogP contribution in [0.4, 0.5) is 5.69 Å². The fourth-order valence-corrected chi connectivity index (χ4v) is 2.62. The number of nitrogens with zero attached hydrogens (tertiary/aromatic N) is 4. The maximum absolute atomic E-state index is 11.1. The molecule has 27 heavy (non-hydrogen) atoms. The highest BCUT2D eigenvalue weighted by atomic mass is 16.7. The molecule has 0 fully saturated rings. The highest BCUT2D eigenvalue weighted by Gasteiger charge is 2.24. The van der Waals surface area contributed by atoms with Crippen molar-refractivity contribution in [2.75, 3.05) is 20.4 Å². The van der Waals surface area contributed by atoms with E-state index < -0.39 is 15.9 Å². The number of ether oxygens (including phenoxy) is 2. The molecule has 0 unspecified atom stereocenters. The molecule has 10 heteroatoms. The Hall–Kier alpha value is -3.69. The van der Waals surface area contributed by atoms with Gasteiger partial charge in [0, 0.05) is 24.1 Å². The van der Waals surface area contributed by atoms with E-state index in [1.807, 2.05) is 0 Å². The van der Waals surface area contributed by atoms with Crippen LogP contribution in [0.2, 0.25) is 0 Å². The standard InChI is InChI=1S/C17H16N4O6/c1-19(18-9-12-2-5-14(6-3-12)21(24)25)15(10-20(22)23)13-4-7-16-17(8-13)27-11-26-16/h2-9,15H,10-11H2,1H3/b18-9+/t15-/m0/s1. The van der Waals surface area contributed by atoms with E-state index in [2.05, 4.69) is 5.10 Å². The van der Waals surface area contributed by atoms with Crippen molar-refractivity contribution < 1.29 is 19.3 Å². The van der Waals surface area contributed by atoms with Crippen molar-refractivity contribution in [3.8, 4) is 11.5 Å². The zero-order chi connectivity index (χ0) is 19.4. The van der Waals surface area contributed by atoms with Crippen molar-refractivity contribution in [1.29, 1.82) is 0 Å². The molecule has 0 aromatic heterocycles. The highest BCUT2D eigenvalue weighted by molar-refractivity contribution is 5.79. The van der Waals surface area contributed by atoms with Gasteiger partial charge in [0.05, 0.1) is 11.1 Å². The maximum Gasteiger partial charge on any atom is 0.269 e. The summed E-state index contributed by atoms with van der Waals surface area (Å²) < 4.78 is 10.6. The first-order valence-electron chi connectivity index (χ1n) is 7.96. The van der Waals surface area contributed by atoms with Gasteiger partial charge in [0.25, 0.3) is 5.69 Å². The Morgan fingerprint density at radius 2 is 1.85 bits per heavy atom. The fraction of sp³-hybridized carbons (Fsp3) is 0.235. The molecule has 2 aromatic carbocycles. The predicted molar refractivity (Wildman–Crippen MR) is 95.6 cm³/mol. The molecule has 1 heterocycles. The van der Waals surface area contributed by atoms with E-state index in [1.54, 1.807) is 37.4 Å². The molecule has 0 N–H and O–H groups in total. The van der Waals surface area contributed by atoms with Crippen LogP contribution in [0, 0.1) is 20.2 Å². The number of nitro benzene ring substituents is 1. The normalized spacial score (nSPS) is 13.5. The largest absolute Gasteiger partial charge is 0.454 e. The van der Waals surface area contributed by atoms with Gasteiger partial charge in [-0.3, -0.25) is 25.2 Å². The molecule has 3 rings (SSSR count). The van der Waals surface area contributed by atoms with E-state index in [0.717, 1.165) is 0 Å². The average molecular weight is 372 g/mol. The lowest BCUT2D eigenvalue weighted by atomic mass is 10.1. The van der Waals surface area contributed by atoms with Crippen LogP contribution in [0.5, 0.6) is 11.5 Å². The first-order valence-corrected chi connectivity index (χ1v) is 7.96. The topological polar surface area (TPSA) is 120 Å². The second-order valence-electron chi connectivity index (χ2n) is 5.81. The molecule has 0 aliphatic carbocycles. The number of non-ortho nitro benzene ring substituents is 1. The molecule has 0 saturated heterocycles. The minimum atomic E-state index is -0.621. The van der Waals surface area contributed by atoms with Gasteiger partial charge in [0.2, 0.25) is 13.3 Å². The van der Waals surface area contributed by atoms with Crippen molar-refractivity contribution in [2.24, 2.45) is 5.10 Å². The summed E-state index contributed by atoms with van der Waals surface area (Å²) in [7, 11) is 1.63. The van der Waals surface area contributed by atoms with Gasteiger partial charge < -0.3 is 9.47 Å². The predicted octanol–water partition coefficient (Wildman–Crippen LogP) is 2.61. The number of fused-ring (bicyclic) bond motifs is 1. The van der Waals surface area contributed by atoms with Crippen molar-refractivity contribution in [3.05, 3.63) is 73.8 Å². The summed E-state index contributed by atoms with van der Waals surface area (Å²) in [5.41, 5.74) is 1.28. The van der Waals surface area contributed by atoms with Crippen LogP contribution < -0.4 is 9.47 Å². The summed E-state index contributed by atoms with van der Waals surface area (Å²) >= 11 is 0. The van der Waals surface area contributed by atoms with E-state index in [0.29, 0.717) is 22.6 Å². The number of nitro groups is 2. The van der Waals surface area contributed by atoms with Crippen molar-refractivity contribution >= 4 is 11.9 Å². The van der Waals surface area contributed by atoms with Gasteiger partial charge in [-0.25, -0.2) is 0 Å². The SMILES string of the molecule is CN(/N=C/c1ccc([N+](=O)[O-])cc1)[C@@H](C[N+](=O)[O-])c1ccc2c(c1)OCO2. The second kappa shape index (κ2) is 7.68. The van der Waals surface area contributed by atoms with E-state index in [1.165, 1.54) is 23.4 Å². The molecule has 10 nitrogen and oxygen atoms in total. The minimum absolute atomic E-state index is 0.0212. The van der Waals surface area contributed by atoms with Gasteiger partial charge in [0.15, 0.2) is 11.5 Å². The van der Waals surface area contributed by atoms with Gasteiger partial charge in [-0.1, -0.05) is 6.07 Å². The Kier molecular flexibility index (Phi) is 5.15. The zero-order valence-electron chi connectivity index (χ0n) is 14.3. The van der Waals surface area contributed by atoms with Crippen LogP contribution in [0.25, 0.3) is 0 Å². The quantitative estimate of drug-likeness (QED) is 0.416. The zero-order valence-corrected chi connectivity index (χ0v) is 14.3. The highest BCUT2D eigenvalue weighted by Crippen LogP contribution is 2.35. The van der Waals surface area contributed by atoms with Crippen LogP contribution >= 0.6 is 0 Å². The Bertz CT molecular complexity index is 883. The number of likely N-dealkylation sites (N-methyl/N-ethyl adjacent to an activating group) is 1. The Labute approximate surface area is 153 Å². The third-order valence-electron chi connectivity index (χ3n) is 4.05. The Balaban J connectivity index is 1.79. The number of rotatable bonds is 7. The van der Waals surface area contributed by atoms with Gasteiger partial charge in [-0.2, -0.15) is 5.10 Å². The molecule has 0 bridgehead atoms. The first-order chi connectivity index (χ1) is 12.9. The summed E-state index contributed by atoms with van der Waals surface area (Å²) in [5, 5.41) is 27.5. The molecule has 1 atom stereocenters. The summed E-state index contributed by atoms with van der Waals surface area (Å²) in [4.78, 5) is 20.9. The first kappa shape index (κ1) is 18.1. The maximum atomic E-state index is 11.1. The molecule has 140 valence electrons. The van der Waals surface area contributed by atoms with E-state index >= 15 is 0 Å². The monoisotopic (exact) mass is 372 g/mol. The van der Waals surface area contributed by atoms with Crippen LogP contribution in [-0.4, -0.2) is 41.5 Å². The van der Waals surface area contributed by atoms with Crippen molar-refractivity contribution in [3.63, 3.8) is 0 Å². The van der Waals surface area contributed by atoms with Crippen LogP contribution in [-0.2, 0) is 0 Å². The molecule has 0 saturated carbocycles. The van der Waals surface area contributed by atoms with Gasteiger partial charge in [-0.05, 0) is 35.4 Å². The molecular formula is C17H16N4O6. The third kappa shape index (κ3) is 4.29. The van der Waals surface area contributed by atoms with Gasteiger partial charge in [-0.15, -0.1) is 0 Å². The summed E-state index contributed by atoms with van der Waals surface area (Å²) in [6, 6.07) is 10.4. The minimum Gasteiger partial charge on any atom is -0.454 e. The number of hydrogen-bond acceptors (Lipinski definition) is 8. The van der Waals surface area contributed by atoms with Crippen molar-refractivity contribution in [1.82, 2.24) is 5.01 Å². The molecule has 0 spiro atoms. The van der Waals surface area contributed by atoms with Gasteiger partial charge in [0.1, 0.15) is 6.04 Å². The van der Waals surface area contributed by atoms with E-state index in [9.17, 15) is 20.2 Å². The lowest BCUT2D eigenvalue weighted by Gasteiger charge is -2.22. The third-order valence-corrected chi connectivity index (χ3v) is 4.05. The smallest absolute Gasteiger partial charge is 0.269 e. The van der Waals surface area contributed by atoms with Crippen LogP contribution in [0.3, 0.4) is 0 Å². The molecule has 0 radical (unpaired) electrons. The second-order valence-corrected chi connectivity index (χ2v) is 5.81. The molecule has 1 aliphatic heterocycles. The van der Waals surface area contributed by atoms with E-state index in [-0.39, 0.29) is 19.0 Å². The van der Waals surface area contributed by atoms with E-state index in [4.69, 9.17) is 9.47 Å². The number of hydrazone groups is 1. The lowest BCUT2D eigenvalue weighted by molar-refractivity contribution is -0.487. The number of hydrogen-bond donors (Lipinski definition) is 0. The summed E-state index contributed by atoms with van der Waals surface area (Å²) in [5.74, 6) is 1.13. The Morgan fingerprint density at radius 3 is 2.52 bits per heavy atom. The van der Waals surface area contributed by atoms with Gasteiger partial charge >= 0.3 is 0 Å². The summed E-state index contributed by atoms with van der Waals surface area (Å²) in [6.45, 7) is -0.236. The number of benzene rings is 2. The van der Waals surface area contributed by atoms with Crippen molar-refractivity contribution in [2.45, 2.75) is 6.04 Å².